The van der Waals surface area contributed by atoms with Crippen molar-refractivity contribution >= 4 is 98.9 Å². The maximum absolute atomic E-state index is 14.1. The number of carbonyl (C=O) groups is 3. The van der Waals surface area contributed by atoms with E-state index in [9.17, 15) is 24.6 Å². The van der Waals surface area contributed by atoms with Gasteiger partial charge in [0, 0.05) is 62.9 Å². The Morgan fingerprint density at radius 2 is 1.02 bits per heavy atom. The number of hydrogen-bond acceptors (Lipinski definition) is 17. The number of rotatable bonds is 20. The minimum atomic E-state index is -3.21. The van der Waals surface area contributed by atoms with Crippen LogP contribution in [-0.2, 0) is 53.6 Å². The van der Waals surface area contributed by atoms with Gasteiger partial charge in [-0.05, 0) is 132 Å². The van der Waals surface area contributed by atoms with Crippen molar-refractivity contribution in [1.82, 2.24) is 0 Å². The molecular formula is C73H96BrCl3FeNO16SSi. The van der Waals surface area contributed by atoms with Gasteiger partial charge in [-0.3, -0.25) is 14.4 Å². The number of methoxy groups -OCH3 is 3. The number of anilines is 1. The fraction of sp³-hybridized carbons (Fsp3) is 0.493. The van der Waals surface area contributed by atoms with E-state index in [0.29, 0.717) is 48.1 Å². The van der Waals surface area contributed by atoms with E-state index in [4.69, 9.17) is 82.5 Å². The van der Waals surface area contributed by atoms with Crippen molar-refractivity contribution in [2.75, 3.05) is 106 Å². The van der Waals surface area contributed by atoms with Crippen molar-refractivity contribution in [2.24, 2.45) is 29.1 Å². The van der Waals surface area contributed by atoms with Gasteiger partial charge in [-0.2, -0.15) is 0 Å². The van der Waals surface area contributed by atoms with Gasteiger partial charge in [0.1, 0.15) is 46.5 Å². The summed E-state index contributed by atoms with van der Waals surface area (Å²) >= 11 is 3.44. The van der Waals surface area contributed by atoms with Gasteiger partial charge >= 0.3 is 49.8 Å². The van der Waals surface area contributed by atoms with E-state index < -0.39 is 47.7 Å². The second-order valence-corrected chi connectivity index (χ2v) is 37.4. The van der Waals surface area contributed by atoms with Crippen molar-refractivity contribution < 1.29 is 87.9 Å². The van der Waals surface area contributed by atoms with Crippen LogP contribution >= 0.6 is 57.6 Å². The molecule has 4 saturated heterocycles. The Morgan fingerprint density at radius 1 is 0.629 bits per heavy atom. The van der Waals surface area contributed by atoms with E-state index >= 15 is 0 Å². The standard InChI is InChI=1S/C28H30BrNO4SSi.2C15H22O4.C9H10O2.C6H12O2.3ClH.Fe/c1-17-20-22(31)21(24(32)30-25(20)35-23(17)29)28(5,6)26(33)34-36(27(2,3)4,18-13-9-7-10-14-18)19-15-11-8-12-16-19;2*1-17-14-5-3-2-4-13(14)15(10-16)19-11-12-6-8-18-9-7-12;1-10-8-5-3-2-4-7(8)9-6-11-9;7-5-6-1-3-8-4-2-6;;;;/h7-16,21H,1-6H3,(H,30,32);2*2-5,12,15-16H,6-11H2,1H3;2-5,9H,6H2,1H3;6-7H,1-5H2;3*1H;/q;;;;;;;;+3/p-3/t;15-;;;;;;;/m.0......./s1. The molecule has 0 radical (unpaired) electrons. The van der Waals surface area contributed by atoms with Crippen molar-refractivity contribution in [2.45, 2.75) is 103 Å². The van der Waals surface area contributed by atoms with Gasteiger partial charge in [-0.25, -0.2) is 0 Å². The first-order valence-corrected chi connectivity index (χ1v) is 40.6. The average molecular weight is 1550 g/mol. The van der Waals surface area contributed by atoms with Gasteiger partial charge < -0.3 is 67.7 Å². The van der Waals surface area contributed by atoms with E-state index in [1.807, 2.05) is 140 Å². The summed E-state index contributed by atoms with van der Waals surface area (Å²) in [5.41, 5.74) is 2.80. The second-order valence-electron chi connectivity index (χ2n) is 25.3. The van der Waals surface area contributed by atoms with E-state index in [1.165, 1.54) is 11.3 Å². The van der Waals surface area contributed by atoms with Crippen molar-refractivity contribution in [1.29, 1.82) is 0 Å². The van der Waals surface area contributed by atoms with Crippen LogP contribution in [0, 0.1) is 36.0 Å². The number of nitrogens with one attached hydrogen (secondary N) is 1. The first-order valence-electron chi connectivity index (χ1n) is 32.5. The fourth-order valence-electron chi connectivity index (χ4n) is 11.8. The number of amides is 1. The van der Waals surface area contributed by atoms with Crippen LogP contribution in [-0.4, -0.2) is 142 Å². The normalized spacial score (nSPS) is 18.0. The van der Waals surface area contributed by atoms with Crippen LogP contribution in [0.4, 0.5) is 5.00 Å². The van der Waals surface area contributed by atoms with Crippen LogP contribution in [0.3, 0.4) is 0 Å². The third-order valence-corrected chi connectivity index (χ3v) is 24.4. The van der Waals surface area contributed by atoms with Gasteiger partial charge in [0.2, 0.25) is 5.91 Å². The summed E-state index contributed by atoms with van der Waals surface area (Å²) in [6.07, 6.45) is 5.85. The second kappa shape index (κ2) is 41.5. The SMILES string of the molecule is COc1ccccc1C(CO)OCC1CCOCC1.COc1ccccc1C1CO1.COc1ccccc1[C@H](CO)OCC1CCOCC1.Cc1c(Br)sc2c1C(=O)C(C(C)(C)C(=O)O[Si](c1ccccc1)(c1ccccc1)C(C)(C)C)C(=O)N2.OCC1CCOCC1.[Cl][Fe]([Cl])[Cl]. The number of ether oxygens (including phenoxy) is 9. The Hall–Kier alpha value is -4.46. The van der Waals surface area contributed by atoms with Gasteiger partial charge in [0.05, 0.1) is 69.1 Å². The molecule has 1 aromatic heterocycles. The summed E-state index contributed by atoms with van der Waals surface area (Å²) in [4.78, 5) is 41.0. The van der Waals surface area contributed by atoms with Crippen LogP contribution in [0.15, 0.2) is 137 Å². The van der Waals surface area contributed by atoms with Crippen LogP contribution in [0.1, 0.15) is 124 Å². The number of hydrogen-bond donors (Lipinski definition) is 4. The van der Waals surface area contributed by atoms with Gasteiger partial charge in [-0.1, -0.05) is 136 Å². The summed E-state index contributed by atoms with van der Waals surface area (Å²) < 4.78 is 55.9. The third-order valence-electron chi connectivity index (χ3n) is 17.5. The molecule has 5 aliphatic heterocycles. The molecule has 97 heavy (non-hydrogen) atoms. The molecule has 0 spiro atoms. The predicted octanol–water partition coefficient (Wildman–Crippen LogP) is 14.3. The number of epoxide rings is 1. The summed E-state index contributed by atoms with van der Waals surface area (Å²) in [5, 5.41) is 32.5. The first kappa shape index (κ1) is 81.5. The molecule has 0 bridgehead atoms. The number of para-hydroxylation sites is 3. The zero-order chi connectivity index (χ0) is 70.5. The first-order chi connectivity index (χ1) is 46.6. The van der Waals surface area contributed by atoms with Crippen LogP contribution in [0.25, 0.3) is 0 Å². The number of aliphatic hydroxyl groups is 3. The number of Topliss-reactive ketones (excluding diaryl/α,β-unsaturated/α-hetero) is 1. The molecule has 0 saturated carbocycles. The molecule has 6 heterocycles. The average Bonchev–Trinajstić information content (AvgIpc) is 1.61. The molecule has 5 aliphatic rings. The number of benzene rings is 5. The Kier molecular flexibility index (Phi) is 34.8. The molecular weight excluding hydrogens is 1450 g/mol. The number of carbonyl (C=O) groups excluding carboxylic acids is 3. The molecule has 4 fully saturated rings. The molecule has 1 amide bonds. The van der Waals surface area contributed by atoms with E-state index in [2.05, 4.69) is 42.0 Å². The minimum absolute atomic E-state index is 0.0381. The summed E-state index contributed by atoms with van der Waals surface area (Å²) in [7, 11) is 16.4. The maximum atomic E-state index is 14.1. The number of ketones is 1. The molecule has 5 aromatic carbocycles. The van der Waals surface area contributed by atoms with E-state index in [-0.39, 0.29) is 37.3 Å². The molecule has 0 aliphatic carbocycles. The van der Waals surface area contributed by atoms with Crippen molar-refractivity contribution in [3.05, 3.63) is 165 Å². The fourth-order valence-corrected chi connectivity index (χ4v) is 17.9. The number of fused-ring (bicyclic) bond motifs is 1. The Morgan fingerprint density at radius 3 is 1.40 bits per heavy atom. The molecule has 11 rings (SSSR count). The number of aliphatic hydroxyl groups excluding tert-OH is 3. The van der Waals surface area contributed by atoms with Gasteiger partial charge in [-0.15, -0.1) is 11.3 Å². The summed E-state index contributed by atoms with van der Waals surface area (Å²) in [6, 6.07) is 42.9. The van der Waals surface area contributed by atoms with Crippen molar-refractivity contribution in [3.8, 4) is 17.2 Å². The molecule has 535 valence electrons. The Bertz CT molecular complexity index is 3200. The number of thiophene rings is 1. The third kappa shape index (κ3) is 23.8. The molecule has 4 N–H and O–H groups in total. The van der Waals surface area contributed by atoms with Gasteiger partial charge in [0.15, 0.2) is 5.78 Å². The van der Waals surface area contributed by atoms with E-state index in [0.717, 1.165) is 138 Å². The summed E-state index contributed by atoms with van der Waals surface area (Å²) in [5.74, 6) is 1.43. The van der Waals surface area contributed by atoms with Crippen LogP contribution < -0.4 is 29.9 Å². The predicted molar refractivity (Wildman–Crippen MR) is 385 cm³/mol. The quantitative estimate of drug-likeness (QED) is 0.0317. The van der Waals surface area contributed by atoms with Gasteiger partial charge in [0.25, 0.3) is 5.97 Å². The van der Waals surface area contributed by atoms with Crippen molar-refractivity contribution in [3.63, 3.8) is 0 Å². The Labute approximate surface area is 603 Å². The van der Waals surface area contributed by atoms with Crippen LogP contribution in [0.2, 0.25) is 5.04 Å². The molecule has 3 unspecified atom stereocenters. The molecule has 6 aromatic rings. The van der Waals surface area contributed by atoms with E-state index in [1.54, 1.807) is 35.2 Å². The molecule has 17 nitrogen and oxygen atoms in total. The monoisotopic (exact) mass is 1540 g/mol. The zero-order valence-electron chi connectivity index (χ0n) is 56.9. The zero-order valence-corrected chi connectivity index (χ0v) is 63.7. The molecule has 4 atom stereocenters. The topological polar surface area (TPSA) is 220 Å². The van der Waals surface area contributed by atoms with Crippen LogP contribution in [0.5, 0.6) is 17.2 Å². The summed E-state index contributed by atoms with van der Waals surface area (Å²) in [6.45, 7) is 18.7. The Balaban J connectivity index is 0.000000206. The molecule has 24 heteroatoms. The number of halogens is 4.